The largest absolute Gasteiger partial charge is 0.469 e. The number of pyridine rings is 1. The van der Waals surface area contributed by atoms with Crippen LogP contribution in [0.25, 0.3) is 11.1 Å². The molecule has 8 heteroatoms. The third-order valence-corrected chi connectivity index (χ3v) is 4.06. The van der Waals surface area contributed by atoms with Crippen LogP contribution in [0, 0.1) is 11.3 Å². The van der Waals surface area contributed by atoms with E-state index < -0.39 is 0 Å². The SMILES string of the molecule is COC(=O)CCn1cc(-c2c(C#N)c(N)nc3c2CNCC3)cn1. The fraction of sp³-hybridized carbons (Fsp3) is 0.375. The van der Waals surface area contributed by atoms with Crippen LogP contribution in [0.15, 0.2) is 12.4 Å². The summed E-state index contributed by atoms with van der Waals surface area (Å²) in [6.45, 7) is 1.89. The number of esters is 1. The molecule has 0 fully saturated rings. The lowest BCUT2D eigenvalue weighted by atomic mass is 9.93. The molecule has 0 bridgehead atoms. The summed E-state index contributed by atoms with van der Waals surface area (Å²) in [6, 6.07) is 2.15. The number of nitrogens with one attached hydrogen (secondary N) is 1. The Balaban J connectivity index is 2.00. The molecule has 0 amide bonds. The van der Waals surface area contributed by atoms with Crippen LogP contribution < -0.4 is 11.1 Å². The van der Waals surface area contributed by atoms with Crippen molar-refractivity contribution < 1.29 is 9.53 Å². The van der Waals surface area contributed by atoms with Gasteiger partial charge < -0.3 is 15.8 Å². The minimum Gasteiger partial charge on any atom is -0.469 e. The zero-order chi connectivity index (χ0) is 17.1. The van der Waals surface area contributed by atoms with E-state index >= 15 is 0 Å². The van der Waals surface area contributed by atoms with Gasteiger partial charge >= 0.3 is 5.97 Å². The molecule has 3 heterocycles. The van der Waals surface area contributed by atoms with E-state index in [9.17, 15) is 10.1 Å². The Morgan fingerprint density at radius 3 is 3.17 bits per heavy atom. The molecule has 0 spiro atoms. The first-order chi connectivity index (χ1) is 11.6. The molecule has 0 saturated heterocycles. The summed E-state index contributed by atoms with van der Waals surface area (Å²) in [7, 11) is 1.36. The molecule has 0 aromatic carbocycles. The van der Waals surface area contributed by atoms with Crippen LogP contribution in [0.2, 0.25) is 0 Å². The lowest BCUT2D eigenvalue weighted by molar-refractivity contribution is -0.140. The third kappa shape index (κ3) is 2.94. The Hall–Kier alpha value is -2.92. The van der Waals surface area contributed by atoms with Crippen molar-refractivity contribution in [1.82, 2.24) is 20.1 Å². The summed E-state index contributed by atoms with van der Waals surface area (Å²) in [5.41, 5.74) is 9.82. The predicted octanol–water partition coefficient (Wildman–Crippen LogP) is 0.608. The van der Waals surface area contributed by atoms with Gasteiger partial charge in [-0.2, -0.15) is 10.4 Å². The molecule has 124 valence electrons. The topological polar surface area (TPSA) is 119 Å². The Morgan fingerprint density at radius 2 is 2.42 bits per heavy atom. The number of carbonyl (C=O) groups is 1. The van der Waals surface area contributed by atoms with Crippen LogP contribution in [0.1, 0.15) is 23.2 Å². The highest BCUT2D eigenvalue weighted by Crippen LogP contribution is 2.33. The number of fused-ring (bicyclic) bond motifs is 1. The van der Waals surface area contributed by atoms with E-state index in [1.807, 2.05) is 6.20 Å². The van der Waals surface area contributed by atoms with Crippen LogP contribution in [-0.2, 0) is 29.0 Å². The lowest BCUT2D eigenvalue weighted by Crippen LogP contribution is -2.26. The Labute approximate surface area is 139 Å². The van der Waals surface area contributed by atoms with Crippen molar-refractivity contribution in [3.63, 3.8) is 0 Å². The average Bonchev–Trinajstić information content (AvgIpc) is 3.06. The number of hydrogen-bond donors (Lipinski definition) is 2. The molecule has 0 atom stereocenters. The molecule has 2 aromatic rings. The van der Waals surface area contributed by atoms with Crippen molar-refractivity contribution in [2.75, 3.05) is 19.4 Å². The maximum absolute atomic E-state index is 11.3. The lowest BCUT2D eigenvalue weighted by Gasteiger charge is -2.21. The molecular formula is C16H18N6O2. The summed E-state index contributed by atoms with van der Waals surface area (Å²) in [4.78, 5) is 15.6. The van der Waals surface area contributed by atoms with Gasteiger partial charge in [-0.15, -0.1) is 0 Å². The second-order valence-electron chi connectivity index (χ2n) is 5.53. The Kier molecular flexibility index (Phi) is 4.44. The number of aromatic nitrogens is 3. The van der Waals surface area contributed by atoms with Gasteiger partial charge in [-0.25, -0.2) is 4.98 Å². The van der Waals surface area contributed by atoms with Gasteiger partial charge in [0.05, 0.1) is 26.3 Å². The molecule has 3 rings (SSSR count). The maximum Gasteiger partial charge on any atom is 0.307 e. The first kappa shape index (κ1) is 16.0. The van der Waals surface area contributed by atoms with E-state index in [0.29, 0.717) is 18.7 Å². The summed E-state index contributed by atoms with van der Waals surface area (Å²) in [5, 5.41) is 17.1. The molecule has 24 heavy (non-hydrogen) atoms. The first-order valence-electron chi connectivity index (χ1n) is 7.65. The number of rotatable bonds is 4. The number of nitrogen functional groups attached to an aromatic ring is 1. The first-order valence-corrected chi connectivity index (χ1v) is 7.65. The van der Waals surface area contributed by atoms with E-state index in [2.05, 4.69) is 26.2 Å². The van der Waals surface area contributed by atoms with Gasteiger partial charge in [-0.3, -0.25) is 9.48 Å². The molecule has 0 radical (unpaired) electrons. The second-order valence-corrected chi connectivity index (χ2v) is 5.53. The highest BCUT2D eigenvalue weighted by molar-refractivity contribution is 5.78. The summed E-state index contributed by atoms with van der Waals surface area (Å²) in [6.07, 6.45) is 4.50. The van der Waals surface area contributed by atoms with Gasteiger partial charge in [-0.1, -0.05) is 0 Å². The van der Waals surface area contributed by atoms with Gasteiger partial charge in [0, 0.05) is 42.5 Å². The molecule has 1 aliphatic rings. The van der Waals surface area contributed by atoms with Crippen LogP contribution in [0.5, 0.6) is 0 Å². The van der Waals surface area contributed by atoms with Crippen molar-refractivity contribution in [2.24, 2.45) is 0 Å². The van der Waals surface area contributed by atoms with Gasteiger partial charge in [0.2, 0.25) is 0 Å². The monoisotopic (exact) mass is 326 g/mol. The number of aryl methyl sites for hydroxylation is 1. The van der Waals surface area contributed by atoms with E-state index in [1.165, 1.54) is 7.11 Å². The smallest absolute Gasteiger partial charge is 0.307 e. The molecule has 8 nitrogen and oxygen atoms in total. The maximum atomic E-state index is 11.3. The standard InChI is InChI=1S/C16H18N6O2/c1-24-14(23)3-5-22-9-10(7-20-22)15-11(6-17)16(18)21-13-2-4-19-8-12(13)15/h7,9,19H,2-5,8H2,1H3,(H2,18,21). The Morgan fingerprint density at radius 1 is 1.58 bits per heavy atom. The fourth-order valence-electron chi connectivity index (χ4n) is 2.86. The molecule has 0 saturated carbocycles. The van der Waals surface area contributed by atoms with Crippen molar-refractivity contribution in [3.05, 3.63) is 29.2 Å². The van der Waals surface area contributed by atoms with Crippen molar-refractivity contribution >= 4 is 11.8 Å². The number of nitriles is 1. The van der Waals surface area contributed by atoms with Crippen LogP contribution in [0.4, 0.5) is 5.82 Å². The molecule has 0 aliphatic carbocycles. The van der Waals surface area contributed by atoms with E-state index in [0.717, 1.165) is 35.3 Å². The van der Waals surface area contributed by atoms with Crippen molar-refractivity contribution in [3.8, 4) is 17.2 Å². The molecule has 0 unspecified atom stereocenters. The number of ether oxygens (including phenoxy) is 1. The summed E-state index contributed by atoms with van der Waals surface area (Å²) < 4.78 is 6.29. The van der Waals surface area contributed by atoms with E-state index in [4.69, 9.17) is 5.73 Å². The highest BCUT2D eigenvalue weighted by atomic mass is 16.5. The minimum atomic E-state index is -0.292. The quantitative estimate of drug-likeness (QED) is 0.790. The van der Waals surface area contributed by atoms with E-state index in [-0.39, 0.29) is 18.2 Å². The second kappa shape index (κ2) is 6.68. The number of anilines is 1. The average molecular weight is 326 g/mol. The number of hydrogen-bond acceptors (Lipinski definition) is 7. The molecular weight excluding hydrogens is 308 g/mol. The van der Waals surface area contributed by atoms with Crippen molar-refractivity contribution in [2.45, 2.75) is 25.9 Å². The minimum absolute atomic E-state index is 0.237. The molecule has 3 N–H and O–H groups in total. The van der Waals surface area contributed by atoms with Crippen molar-refractivity contribution in [1.29, 1.82) is 5.26 Å². The van der Waals surface area contributed by atoms with Crippen LogP contribution in [0.3, 0.4) is 0 Å². The molecule has 2 aromatic heterocycles. The van der Waals surface area contributed by atoms with Crippen LogP contribution in [-0.4, -0.2) is 34.4 Å². The zero-order valence-corrected chi connectivity index (χ0v) is 13.4. The summed E-state index contributed by atoms with van der Waals surface area (Å²) >= 11 is 0. The van der Waals surface area contributed by atoms with Gasteiger partial charge in [0.25, 0.3) is 0 Å². The van der Waals surface area contributed by atoms with Crippen LogP contribution >= 0.6 is 0 Å². The highest BCUT2D eigenvalue weighted by Gasteiger charge is 2.22. The normalized spacial score (nSPS) is 13.2. The number of carbonyl (C=O) groups excluding carboxylic acids is 1. The van der Waals surface area contributed by atoms with Gasteiger partial charge in [-0.05, 0) is 5.56 Å². The zero-order valence-electron chi connectivity index (χ0n) is 13.4. The molecule has 1 aliphatic heterocycles. The number of nitrogens with two attached hydrogens (primary N) is 1. The number of methoxy groups -OCH3 is 1. The number of nitrogens with zero attached hydrogens (tertiary/aromatic N) is 4. The predicted molar refractivity (Wildman–Crippen MR) is 86.6 cm³/mol. The fourth-order valence-corrected chi connectivity index (χ4v) is 2.86. The summed E-state index contributed by atoms with van der Waals surface area (Å²) in [5.74, 6) is -0.0463. The third-order valence-electron chi connectivity index (χ3n) is 4.06. The van der Waals surface area contributed by atoms with E-state index in [1.54, 1.807) is 10.9 Å². The Bertz CT molecular complexity index is 821. The van der Waals surface area contributed by atoms with Gasteiger partial charge in [0.15, 0.2) is 0 Å². The van der Waals surface area contributed by atoms with Gasteiger partial charge in [0.1, 0.15) is 17.5 Å².